The molecule has 2 heteroatoms. The van der Waals surface area contributed by atoms with Gasteiger partial charge in [0.1, 0.15) is 0 Å². The summed E-state index contributed by atoms with van der Waals surface area (Å²) in [6, 6.07) is 18.8. The van der Waals surface area contributed by atoms with E-state index in [0.717, 1.165) is 19.4 Å². The molecule has 2 atom stereocenters. The van der Waals surface area contributed by atoms with Crippen LogP contribution in [0.1, 0.15) is 36.1 Å². The third-order valence-electron chi connectivity index (χ3n) is 4.83. The van der Waals surface area contributed by atoms with Crippen LogP contribution < -0.4 is 0 Å². The predicted octanol–water partition coefficient (Wildman–Crippen LogP) is 4.15. The predicted molar refractivity (Wildman–Crippen MR) is 89.6 cm³/mol. The summed E-state index contributed by atoms with van der Waals surface area (Å²) in [5, 5.41) is 0. The molecule has 0 saturated carbocycles. The van der Waals surface area contributed by atoms with Gasteiger partial charge in [-0.05, 0) is 43.4 Å². The van der Waals surface area contributed by atoms with Crippen LogP contribution in [0.25, 0.3) is 0 Å². The van der Waals surface area contributed by atoms with Crippen LogP contribution in [0.4, 0.5) is 0 Å². The van der Waals surface area contributed by atoms with E-state index >= 15 is 0 Å². The van der Waals surface area contributed by atoms with Crippen LogP contribution in [-0.2, 0) is 11.2 Å². The maximum Gasteiger partial charge on any atom is 0.226 e. The zero-order valence-corrected chi connectivity index (χ0v) is 13.3. The van der Waals surface area contributed by atoms with Crippen molar-refractivity contribution in [1.29, 1.82) is 0 Å². The molecule has 0 radical (unpaired) electrons. The van der Waals surface area contributed by atoms with E-state index in [4.69, 9.17) is 0 Å². The molecule has 2 aromatic rings. The Kier molecular flexibility index (Phi) is 4.28. The molecule has 1 saturated heterocycles. The Morgan fingerprint density at radius 1 is 1.09 bits per heavy atom. The number of carbonyl (C=O) groups is 1. The van der Waals surface area contributed by atoms with Gasteiger partial charge in [-0.25, -0.2) is 0 Å². The SMILES string of the molecule is Cc1ccccc1C[C@H]1CCN([C@H](C)c2ccccc2)C1=O. The molecule has 1 aliphatic rings. The number of aryl methyl sites for hydroxylation is 1. The molecule has 0 N–H and O–H groups in total. The summed E-state index contributed by atoms with van der Waals surface area (Å²) >= 11 is 0. The fraction of sp³-hybridized carbons (Fsp3) is 0.350. The first-order valence-corrected chi connectivity index (χ1v) is 8.06. The number of amides is 1. The van der Waals surface area contributed by atoms with Crippen LogP contribution in [0.3, 0.4) is 0 Å². The Hall–Kier alpha value is -2.09. The van der Waals surface area contributed by atoms with E-state index in [2.05, 4.69) is 50.2 Å². The second-order valence-corrected chi connectivity index (χ2v) is 6.23. The second-order valence-electron chi connectivity index (χ2n) is 6.23. The van der Waals surface area contributed by atoms with Gasteiger partial charge in [0.25, 0.3) is 0 Å². The molecule has 1 amide bonds. The molecule has 0 spiro atoms. The fourth-order valence-electron chi connectivity index (χ4n) is 3.35. The van der Waals surface area contributed by atoms with Crippen molar-refractivity contribution in [2.24, 2.45) is 5.92 Å². The molecule has 1 aliphatic heterocycles. The number of likely N-dealkylation sites (tertiary alicyclic amines) is 1. The summed E-state index contributed by atoms with van der Waals surface area (Å²) in [7, 11) is 0. The van der Waals surface area contributed by atoms with Gasteiger partial charge in [0.15, 0.2) is 0 Å². The van der Waals surface area contributed by atoms with E-state index < -0.39 is 0 Å². The van der Waals surface area contributed by atoms with Crippen LogP contribution in [0.5, 0.6) is 0 Å². The van der Waals surface area contributed by atoms with Crippen LogP contribution in [0, 0.1) is 12.8 Å². The van der Waals surface area contributed by atoms with Gasteiger partial charge in [-0.15, -0.1) is 0 Å². The van der Waals surface area contributed by atoms with Crippen LogP contribution in [0.2, 0.25) is 0 Å². The van der Waals surface area contributed by atoms with Gasteiger partial charge in [-0.2, -0.15) is 0 Å². The first-order chi connectivity index (χ1) is 10.7. The lowest BCUT2D eigenvalue weighted by Crippen LogP contribution is -2.30. The lowest BCUT2D eigenvalue weighted by atomic mass is 9.95. The van der Waals surface area contributed by atoms with Crippen LogP contribution in [-0.4, -0.2) is 17.4 Å². The first kappa shape index (κ1) is 14.8. The molecular formula is C20H23NO. The smallest absolute Gasteiger partial charge is 0.226 e. The van der Waals surface area contributed by atoms with Gasteiger partial charge in [0.05, 0.1) is 6.04 Å². The molecule has 0 aliphatic carbocycles. The molecule has 114 valence electrons. The average molecular weight is 293 g/mol. The minimum Gasteiger partial charge on any atom is -0.336 e. The van der Waals surface area contributed by atoms with Gasteiger partial charge < -0.3 is 4.90 Å². The Balaban J connectivity index is 1.71. The van der Waals surface area contributed by atoms with Crippen molar-refractivity contribution >= 4 is 5.91 Å². The lowest BCUT2D eigenvalue weighted by molar-refractivity contribution is -0.132. The number of benzene rings is 2. The molecule has 1 fully saturated rings. The monoisotopic (exact) mass is 293 g/mol. The maximum absolute atomic E-state index is 12.8. The van der Waals surface area contributed by atoms with Gasteiger partial charge in [-0.3, -0.25) is 4.79 Å². The minimum absolute atomic E-state index is 0.132. The zero-order valence-electron chi connectivity index (χ0n) is 13.3. The molecular weight excluding hydrogens is 270 g/mol. The summed E-state index contributed by atoms with van der Waals surface area (Å²) in [4.78, 5) is 14.8. The number of hydrogen-bond acceptors (Lipinski definition) is 1. The second kappa shape index (κ2) is 6.35. The highest BCUT2D eigenvalue weighted by atomic mass is 16.2. The molecule has 0 aromatic heterocycles. The van der Waals surface area contributed by atoms with Crippen LogP contribution in [0.15, 0.2) is 54.6 Å². The van der Waals surface area contributed by atoms with E-state index in [0.29, 0.717) is 5.91 Å². The van der Waals surface area contributed by atoms with Crippen LogP contribution >= 0.6 is 0 Å². The molecule has 22 heavy (non-hydrogen) atoms. The molecule has 0 bridgehead atoms. The maximum atomic E-state index is 12.8. The standard InChI is InChI=1S/C20H23NO/c1-15-8-6-7-11-18(15)14-19-12-13-21(20(19)22)16(2)17-9-4-3-5-10-17/h3-11,16,19H,12-14H2,1-2H3/t16-,19-/m1/s1. The van der Waals surface area contributed by atoms with Crippen molar-refractivity contribution in [1.82, 2.24) is 4.90 Å². The van der Waals surface area contributed by atoms with Crippen molar-refractivity contribution in [2.45, 2.75) is 32.7 Å². The normalized spacial score (nSPS) is 19.5. The lowest BCUT2D eigenvalue weighted by Gasteiger charge is -2.25. The third-order valence-corrected chi connectivity index (χ3v) is 4.83. The number of rotatable bonds is 4. The summed E-state index contributed by atoms with van der Waals surface area (Å²) < 4.78 is 0. The zero-order chi connectivity index (χ0) is 15.5. The Morgan fingerprint density at radius 2 is 1.77 bits per heavy atom. The van der Waals surface area contributed by atoms with Gasteiger partial charge >= 0.3 is 0 Å². The van der Waals surface area contributed by atoms with E-state index in [-0.39, 0.29) is 12.0 Å². The van der Waals surface area contributed by atoms with Crippen molar-refractivity contribution in [3.63, 3.8) is 0 Å². The van der Waals surface area contributed by atoms with E-state index in [9.17, 15) is 4.79 Å². The fourth-order valence-corrected chi connectivity index (χ4v) is 3.35. The first-order valence-electron chi connectivity index (χ1n) is 8.06. The topological polar surface area (TPSA) is 20.3 Å². The summed E-state index contributed by atoms with van der Waals surface area (Å²) in [6.45, 7) is 5.12. The van der Waals surface area contributed by atoms with E-state index in [1.165, 1.54) is 16.7 Å². The Morgan fingerprint density at radius 3 is 2.50 bits per heavy atom. The van der Waals surface area contributed by atoms with E-state index in [1.54, 1.807) is 0 Å². The molecule has 0 unspecified atom stereocenters. The highest BCUT2D eigenvalue weighted by molar-refractivity contribution is 5.81. The summed E-state index contributed by atoms with van der Waals surface area (Å²) in [6.07, 6.45) is 1.83. The van der Waals surface area contributed by atoms with Gasteiger partial charge in [0, 0.05) is 12.5 Å². The van der Waals surface area contributed by atoms with Crippen molar-refractivity contribution in [2.75, 3.05) is 6.54 Å². The van der Waals surface area contributed by atoms with Crippen molar-refractivity contribution < 1.29 is 4.79 Å². The number of carbonyl (C=O) groups excluding carboxylic acids is 1. The molecule has 1 heterocycles. The number of hydrogen-bond donors (Lipinski definition) is 0. The average Bonchev–Trinajstić information content (AvgIpc) is 2.91. The van der Waals surface area contributed by atoms with Crippen molar-refractivity contribution in [3.05, 3.63) is 71.3 Å². The number of nitrogens with zero attached hydrogens (tertiary/aromatic N) is 1. The van der Waals surface area contributed by atoms with E-state index in [1.807, 2.05) is 23.1 Å². The molecule has 2 aromatic carbocycles. The highest BCUT2D eigenvalue weighted by Gasteiger charge is 2.34. The van der Waals surface area contributed by atoms with Crippen molar-refractivity contribution in [3.8, 4) is 0 Å². The largest absolute Gasteiger partial charge is 0.336 e. The molecule has 2 nitrogen and oxygen atoms in total. The summed E-state index contributed by atoms with van der Waals surface area (Å²) in [5.74, 6) is 0.437. The third kappa shape index (κ3) is 2.92. The van der Waals surface area contributed by atoms with Gasteiger partial charge in [-0.1, -0.05) is 54.6 Å². The Bertz CT molecular complexity index is 650. The van der Waals surface area contributed by atoms with Gasteiger partial charge in [0.2, 0.25) is 5.91 Å². The Labute approximate surface area is 132 Å². The quantitative estimate of drug-likeness (QED) is 0.829. The highest BCUT2D eigenvalue weighted by Crippen LogP contribution is 2.30. The minimum atomic E-state index is 0.132. The summed E-state index contributed by atoms with van der Waals surface area (Å²) in [5.41, 5.74) is 3.80. The molecule has 3 rings (SSSR count).